The highest BCUT2D eigenvalue weighted by Gasteiger charge is 2.03. The summed E-state index contributed by atoms with van der Waals surface area (Å²) in [4.78, 5) is 10.2. The van der Waals surface area contributed by atoms with E-state index in [0.717, 1.165) is 12.8 Å². The standard InChI is InChI=1S/C20H25NO2/c22-21(23)20-16-14-19(15-17-20)13-7-4-2-1-3-6-10-18-11-8-5-9-12-18/h5,8-9,11-12,14-17H,1-4,6-7,10,13H2. The Hall–Kier alpha value is -2.16. The van der Waals surface area contributed by atoms with Crippen LogP contribution in [0.5, 0.6) is 0 Å². The smallest absolute Gasteiger partial charge is 0.258 e. The van der Waals surface area contributed by atoms with E-state index >= 15 is 0 Å². The van der Waals surface area contributed by atoms with E-state index in [4.69, 9.17) is 0 Å². The fourth-order valence-corrected chi connectivity index (χ4v) is 2.79. The Balaban J connectivity index is 1.50. The van der Waals surface area contributed by atoms with Gasteiger partial charge in [0.05, 0.1) is 4.92 Å². The third kappa shape index (κ3) is 6.64. The number of hydrogen-bond donors (Lipinski definition) is 0. The molecule has 0 aliphatic rings. The normalized spacial score (nSPS) is 10.6. The van der Waals surface area contributed by atoms with E-state index in [9.17, 15) is 10.1 Å². The summed E-state index contributed by atoms with van der Waals surface area (Å²) in [5.74, 6) is 0. The van der Waals surface area contributed by atoms with Gasteiger partial charge >= 0.3 is 0 Å². The van der Waals surface area contributed by atoms with Crippen LogP contribution in [-0.2, 0) is 12.8 Å². The molecule has 0 atom stereocenters. The van der Waals surface area contributed by atoms with Crippen molar-refractivity contribution < 1.29 is 4.92 Å². The third-order valence-electron chi connectivity index (χ3n) is 4.17. The number of nitro groups is 1. The Morgan fingerprint density at radius 1 is 0.652 bits per heavy atom. The first-order valence-corrected chi connectivity index (χ1v) is 8.53. The SMILES string of the molecule is O=[N+]([O-])c1ccc(CCCCCCCCc2ccccc2)cc1. The summed E-state index contributed by atoms with van der Waals surface area (Å²) < 4.78 is 0. The van der Waals surface area contributed by atoms with Gasteiger partial charge < -0.3 is 0 Å². The number of non-ortho nitro benzene ring substituents is 1. The highest BCUT2D eigenvalue weighted by atomic mass is 16.6. The van der Waals surface area contributed by atoms with Crippen LogP contribution in [0.2, 0.25) is 0 Å². The van der Waals surface area contributed by atoms with Gasteiger partial charge in [-0.1, -0.05) is 68.1 Å². The Labute approximate surface area is 138 Å². The third-order valence-corrected chi connectivity index (χ3v) is 4.17. The monoisotopic (exact) mass is 311 g/mol. The van der Waals surface area contributed by atoms with E-state index in [-0.39, 0.29) is 10.6 Å². The Bertz CT molecular complexity index is 578. The van der Waals surface area contributed by atoms with Gasteiger partial charge in [0.15, 0.2) is 0 Å². The largest absolute Gasteiger partial charge is 0.269 e. The molecule has 0 aliphatic carbocycles. The molecular weight excluding hydrogens is 286 g/mol. The first-order chi connectivity index (χ1) is 11.3. The minimum atomic E-state index is -0.348. The molecule has 122 valence electrons. The molecule has 0 radical (unpaired) electrons. The molecule has 0 aliphatic heterocycles. The van der Waals surface area contributed by atoms with Crippen LogP contribution in [0, 0.1) is 10.1 Å². The molecule has 3 heteroatoms. The molecule has 2 aromatic carbocycles. The summed E-state index contributed by atoms with van der Waals surface area (Å²) >= 11 is 0. The lowest BCUT2D eigenvalue weighted by Gasteiger charge is -2.03. The van der Waals surface area contributed by atoms with E-state index in [1.165, 1.54) is 49.7 Å². The molecule has 0 aromatic heterocycles. The van der Waals surface area contributed by atoms with Crippen molar-refractivity contribution in [1.82, 2.24) is 0 Å². The van der Waals surface area contributed by atoms with Crippen molar-refractivity contribution in [1.29, 1.82) is 0 Å². The van der Waals surface area contributed by atoms with E-state index in [0.29, 0.717) is 0 Å². The first-order valence-electron chi connectivity index (χ1n) is 8.53. The average Bonchev–Trinajstić information content (AvgIpc) is 2.58. The van der Waals surface area contributed by atoms with Crippen LogP contribution < -0.4 is 0 Å². The minimum absolute atomic E-state index is 0.173. The topological polar surface area (TPSA) is 43.1 Å². The fraction of sp³-hybridized carbons (Fsp3) is 0.400. The second kappa shape index (κ2) is 9.78. The van der Waals surface area contributed by atoms with E-state index in [1.807, 2.05) is 12.1 Å². The van der Waals surface area contributed by atoms with E-state index in [2.05, 4.69) is 30.3 Å². The average molecular weight is 311 g/mol. The zero-order valence-electron chi connectivity index (χ0n) is 13.6. The number of benzene rings is 2. The molecule has 0 unspecified atom stereocenters. The zero-order valence-corrected chi connectivity index (χ0v) is 13.6. The van der Waals surface area contributed by atoms with Crippen LogP contribution >= 0.6 is 0 Å². The Kier molecular flexibility index (Phi) is 7.31. The summed E-state index contributed by atoms with van der Waals surface area (Å²) in [7, 11) is 0. The maximum atomic E-state index is 10.6. The lowest BCUT2D eigenvalue weighted by atomic mass is 10.0. The quantitative estimate of drug-likeness (QED) is 0.320. The van der Waals surface area contributed by atoms with Crippen molar-refractivity contribution in [2.75, 3.05) is 0 Å². The van der Waals surface area contributed by atoms with E-state index < -0.39 is 0 Å². The van der Waals surface area contributed by atoms with Crippen molar-refractivity contribution in [2.24, 2.45) is 0 Å². The van der Waals surface area contributed by atoms with Gasteiger partial charge in [-0.05, 0) is 36.8 Å². The molecule has 0 saturated carbocycles. The number of aryl methyl sites for hydroxylation is 2. The van der Waals surface area contributed by atoms with Crippen molar-refractivity contribution in [2.45, 2.75) is 51.4 Å². The number of unbranched alkanes of at least 4 members (excludes halogenated alkanes) is 5. The molecule has 2 rings (SSSR count). The summed E-state index contributed by atoms with van der Waals surface area (Å²) in [6, 6.07) is 17.6. The minimum Gasteiger partial charge on any atom is -0.258 e. The number of nitrogens with zero attached hydrogens (tertiary/aromatic N) is 1. The van der Waals surface area contributed by atoms with Crippen molar-refractivity contribution in [3.05, 3.63) is 75.8 Å². The van der Waals surface area contributed by atoms with Crippen LogP contribution in [0.4, 0.5) is 5.69 Å². The molecule has 0 saturated heterocycles. The molecule has 0 bridgehead atoms. The lowest BCUT2D eigenvalue weighted by molar-refractivity contribution is -0.384. The van der Waals surface area contributed by atoms with Crippen molar-refractivity contribution >= 4 is 5.69 Å². The molecule has 23 heavy (non-hydrogen) atoms. The molecule has 2 aromatic rings. The van der Waals surface area contributed by atoms with Gasteiger partial charge in [0, 0.05) is 12.1 Å². The highest BCUT2D eigenvalue weighted by Crippen LogP contribution is 2.15. The highest BCUT2D eigenvalue weighted by molar-refractivity contribution is 5.32. The van der Waals surface area contributed by atoms with Gasteiger partial charge in [-0.3, -0.25) is 10.1 Å². The maximum absolute atomic E-state index is 10.6. The van der Waals surface area contributed by atoms with Gasteiger partial charge in [0.2, 0.25) is 0 Å². The van der Waals surface area contributed by atoms with Crippen LogP contribution in [0.25, 0.3) is 0 Å². The molecule has 0 spiro atoms. The molecule has 0 N–H and O–H groups in total. The zero-order chi connectivity index (χ0) is 16.3. The molecular formula is C20H25NO2. The first kappa shape index (κ1) is 17.2. The number of rotatable bonds is 10. The number of nitro benzene ring substituents is 1. The predicted octanol–water partition coefficient (Wildman–Crippen LogP) is 5.72. The van der Waals surface area contributed by atoms with Crippen molar-refractivity contribution in [3.63, 3.8) is 0 Å². The van der Waals surface area contributed by atoms with Gasteiger partial charge in [-0.15, -0.1) is 0 Å². The van der Waals surface area contributed by atoms with Crippen LogP contribution in [0.1, 0.15) is 49.7 Å². The molecule has 0 amide bonds. The predicted molar refractivity (Wildman–Crippen MR) is 94.6 cm³/mol. The summed E-state index contributed by atoms with van der Waals surface area (Å²) in [6.45, 7) is 0. The van der Waals surface area contributed by atoms with E-state index in [1.54, 1.807) is 12.1 Å². The maximum Gasteiger partial charge on any atom is 0.269 e. The van der Waals surface area contributed by atoms with Crippen molar-refractivity contribution in [3.8, 4) is 0 Å². The summed E-state index contributed by atoms with van der Waals surface area (Å²) in [6.07, 6.45) is 9.75. The second-order valence-corrected chi connectivity index (χ2v) is 6.03. The number of hydrogen-bond acceptors (Lipinski definition) is 2. The van der Waals surface area contributed by atoms with Crippen LogP contribution in [-0.4, -0.2) is 4.92 Å². The van der Waals surface area contributed by atoms with Gasteiger partial charge in [-0.2, -0.15) is 0 Å². The van der Waals surface area contributed by atoms with Gasteiger partial charge in [0.1, 0.15) is 0 Å². The Morgan fingerprint density at radius 2 is 1.13 bits per heavy atom. The molecule has 3 nitrogen and oxygen atoms in total. The van der Waals surface area contributed by atoms with Crippen LogP contribution in [0.3, 0.4) is 0 Å². The van der Waals surface area contributed by atoms with Crippen LogP contribution in [0.15, 0.2) is 54.6 Å². The Morgan fingerprint density at radius 3 is 1.65 bits per heavy atom. The lowest BCUT2D eigenvalue weighted by Crippen LogP contribution is -1.90. The molecule has 0 heterocycles. The molecule has 0 fully saturated rings. The van der Waals surface area contributed by atoms with Gasteiger partial charge in [0.25, 0.3) is 5.69 Å². The fourth-order valence-electron chi connectivity index (χ4n) is 2.79. The summed E-state index contributed by atoms with van der Waals surface area (Å²) in [5.41, 5.74) is 2.80. The second-order valence-electron chi connectivity index (χ2n) is 6.03. The summed E-state index contributed by atoms with van der Waals surface area (Å²) in [5, 5.41) is 10.6. The van der Waals surface area contributed by atoms with Gasteiger partial charge in [-0.25, -0.2) is 0 Å².